The first-order chi connectivity index (χ1) is 12.0. The monoisotopic (exact) mass is 337 g/mol. The maximum absolute atomic E-state index is 12.5. The fraction of sp³-hybridized carbons (Fsp3) is 0.300. The zero-order chi connectivity index (χ0) is 17.9. The van der Waals surface area contributed by atoms with Crippen molar-refractivity contribution in [3.05, 3.63) is 65.7 Å². The summed E-state index contributed by atoms with van der Waals surface area (Å²) in [6, 6.07) is 17.3. The van der Waals surface area contributed by atoms with E-state index in [-0.39, 0.29) is 11.8 Å². The van der Waals surface area contributed by atoms with Crippen LogP contribution < -0.4 is 15.5 Å². The Balaban J connectivity index is 1.73. The van der Waals surface area contributed by atoms with Gasteiger partial charge in [0.05, 0.1) is 5.54 Å². The Labute approximate surface area is 148 Å². The van der Waals surface area contributed by atoms with Crippen LogP contribution in [-0.2, 0) is 10.3 Å². The van der Waals surface area contributed by atoms with Crippen molar-refractivity contribution >= 4 is 17.5 Å². The molecule has 1 fully saturated rings. The molecule has 0 aliphatic carbocycles. The van der Waals surface area contributed by atoms with Crippen LogP contribution >= 0.6 is 0 Å². The number of nitrogens with zero attached hydrogens (tertiary/aromatic N) is 1. The van der Waals surface area contributed by atoms with Crippen LogP contribution in [-0.4, -0.2) is 32.5 Å². The molecule has 5 nitrogen and oxygen atoms in total. The summed E-state index contributed by atoms with van der Waals surface area (Å²) < 4.78 is 0. The quantitative estimate of drug-likeness (QED) is 0.880. The van der Waals surface area contributed by atoms with E-state index in [4.69, 9.17) is 0 Å². The molecule has 2 aromatic rings. The third kappa shape index (κ3) is 3.65. The SMILES string of the molecule is CN(C)c1ccc(C(=O)NCC2(c3ccccc3)CCC(=O)N2)cc1. The van der Waals surface area contributed by atoms with E-state index in [0.717, 1.165) is 11.3 Å². The lowest BCUT2D eigenvalue weighted by molar-refractivity contribution is -0.119. The van der Waals surface area contributed by atoms with E-state index >= 15 is 0 Å². The molecular formula is C20H23N3O2. The molecule has 25 heavy (non-hydrogen) atoms. The van der Waals surface area contributed by atoms with E-state index in [0.29, 0.717) is 24.9 Å². The molecule has 1 unspecified atom stereocenters. The van der Waals surface area contributed by atoms with Gasteiger partial charge in [-0.1, -0.05) is 30.3 Å². The van der Waals surface area contributed by atoms with Crippen LogP contribution in [0.1, 0.15) is 28.8 Å². The second-order valence-corrected chi connectivity index (χ2v) is 6.62. The molecule has 1 aliphatic rings. The molecular weight excluding hydrogens is 314 g/mol. The molecule has 5 heteroatoms. The van der Waals surface area contributed by atoms with Crippen molar-refractivity contribution in [3.63, 3.8) is 0 Å². The topological polar surface area (TPSA) is 61.4 Å². The Morgan fingerprint density at radius 2 is 1.80 bits per heavy atom. The highest BCUT2D eigenvalue weighted by Crippen LogP contribution is 2.30. The van der Waals surface area contributed by atoms with E-state index < -0.39 is 5.54 Å². The predicted octanol–water partition coefficient (Wildman–Crippen LogP) is 2.29. The van der Waals surface area contributed by atoms with E-state index in [9.17, 15) is 9.59 Å². The van der Waals surface area contributed by atoms with Gasteiger partial charge in [0.25, 0.3) is 5.91 Å². The molecule has 1 aliphatic heterocycles. The van der Waals surface area contributed by atoms with Gasteiger partial charge in [-0.05, 0) is 36.2 Å². The highest BCUT2D eigenvalue weighted by Gasteiger charge is 2.39. The highest BCUT2D eigenvalue weighted by atomic mass is 16.2. The Bertz CT molecular complexity index is 756. The molecule has 1 heterocycles. The number of benzene rings is 2. The van der Waals surface area contributed by atoms with Gasteiger partial charge in [-0.2, -0.15) is 0 Å². The number of hydrogen-bond acceptors (Lipinski definition) is 3. The highest BCUT2D eigenvalue weighted by molar-refractivity contribution is 5.94. The third-order valence-electron chi connectivity index (χ3n) is 4.68. The molecule has 2 aromatic carbocycles. The molecule has 0 bridgehead atoms. The van der Waals surface area contributed by atoms with Gasteiger partial charge in [0.2, 0.25) is 5.91 Å². The van der Waals surface area contributed by atoms with Crippen molar-refractivity contribution in [1.29, 1.82) is 0 Å². The van der Waals surface area contributed by atoms with Crippen LogP contribution in [0.3, 0.4) is 0 Å². The summed E-state index contributed by atoms with van der Waals surface area (Å²) >= 11 is 0. The summed E-state index contributed by atoms with van der Waals surface area (Å²) in [6.45, 7) is 0.372. The zero-order valence-corrected chi connectivity index (χ0v) is 14.6. The molecule has 2 amide bonds. The molecule has 0 radical (unpaired) electrons. The lowest BCUT2D eigenvalue weighted by Gasteiger charge is -2.30. The molecule has 0 aromatic heterocycles. The minimum atomic E-state index is -0.530. The molecule has 2 N–H and O–H groups in total. The number of amides is 2. The molecule has 3 rings (SSSR count). The van der Waals surface area contributed by atoms with Crippen LogP contribution in [0.4, 0.5) is 5.69 Å². The smallest absolute Gasteiger partial charge is 0.251 e. The van der Waals surface area contributed by atoms with Crippen LogP contribution in [0.25, 0.3) is 0 Å². The number of carbonyl (C=O) groups is 2. The van der Waals surface area contributed by atoms with Gasteiger partial charge in [0, 0.05) is 38.3 Å². The molecule has 130 valence electrons. The summed E-state index contributed by atoms with van der Waals surface area (Å²) in [4.78, 5) is 26.3. The average Bonchev–Trinajstić information content (AvgIpc) is 3.03. The normalized spacial score (nSPS) is 19.4. The summed E-state index contributed by atoms with van der Waals surface area (Å²) in [7, 11) is 3.92. The predicted molar refractivity (Wildman–Crippen MR) is 98.6 cm³/mol. The maximum Gasteiger partial charge on any atom is 0.251 e. The molecule has 0 spiro atoms. The number of anilines is 1. The second kappa shape index (κ2) is 6.97. The van der Waals surface area contributed by atoms with E-state index in [2.05, 4.69) is 10.6 Å². The van der Waals surface area contributed by atoms with Gasteiger partial charge in [-0.15, -0.1) is 0 Å². The Hall–Kier alpha value is -2.82. The van der Waals surface area contributed by atoms with E-state index in [1.54, 1.807) is 0 Å². The van der Waals surface area contributed by atoms with Gasteiger partial charge in [-0.3, -0.25) is 9.59 Å². The average molecular weight is 337 g/mol. The maximum atomic E-state index is 12.5. The summed E-state index contributed by atoms with van der Waals surface area (Å²) in [5.41, 5.74) is 2.14. The first-order valence-electron chi connectivity index (χ1n) is 8.42. The minimum Gasteiger partial charge on any atom is -0.378 e. The Morgan fingerprint density at radius 3 is 2.36 bits per heavy atom. The lowest BCUT2D eigenvalue weighted by Crippen LogP contribution is -2.48. The van der Waals surface area contributed by atoms with E-state index in [1.165, 1.54) is 0 Å². The summed E-state index contributed by atoms with van der Waals surface area (Å²) in [5.74, 6) is -0.116. The van der Waals surface area contributed by atoms with Crippen LogP contribution in [0.15, 0.2) is 54.6 Å². The van der Waals surface area contributed by atoms with Crippen molar-refractivity contribution in [1.82, 2.24) is 10.6 Å². The first kappa shape index (κ1) is 17.0. The third-order valence-corrected chi connectivity index (χ3v) is 4.68. The van der Waals surface area contributed by atoms with Crippen molar-refractivity contribution in [2.75, 3.05) is 25.5 Å². The number of hydrogen-bond donors (Lipinski definition) is 2. The molecule has 1 saturated heterocycles. The first-order valence-corrected chi connectivity index (χ1v) is 8.42. The van der Waals surface area contributed by atoms with Crippen LogP contribution in [0, 0.1) is 0 Å². The van der Waals surface area contributed by atoms with Crippen LogP contribution in [0.5, 0.6) is 0 Å². The van der Waals surface area contributed by atoms with Crippen molar-refractivity contribution in [2.24, 2.45) is 0 Å². The van der Waals surface area contributed by atoms with Crippen molar-refractivity contribution < 1.29 is 9.59 Å². The standard InChI is InChI=1S/C20H23N3O2/c1-23(2)17-10-8-15(9-11-17)19(25)21-14-20(13-12-18(24)22-20)16-6-4-3-5-7-16/h3-11H,12-14H2,1-2H3,(H,21,25)(H,22,24). The fourth-order valence-corrected chi connectivity index (χ4v) is 3.17. The van der Waals surface area contributed by atoms with Crippen LogP contribution in [0.2, 0.25) is 0 Å². The molecule has 1 atom stereocenters. The van der Waals surface area contributed by atoms with Crippen molar-refractivity contribution in [3.8, 4) is 0 Å². The number of rotatable bonds is 5. The Kier molecular flexibility index (Phi) is 4.74. The van der Waals surface area contributed by atoms with Gasteiger partial charge >= 0.3 is 0 Å². The zero-order valence-electron chi connectivity index (χ0n) is 14.6. The minimum absolute atomic E-state index is 0.0217. The summed E-state index contributed by atoms with van der Waals surface area (Å²) in [5, 5.41) is 6.04. The van der Waals surface area contributed by atoms with Gasteiger partial charge < -0.3 is 15.5 Å². The largest absolute Gasteiger partial charge is 0.378 e. The summed E-state index contributed by atoms with van der Waals surface area (Å²) in [6.07, 6.45) is 1.15. The van der Waals surface area contributed by atoms with Gasteiger partial charge in [0.1, 0.15) is 0 Å². The Morgan fingerprint density at radius 1 is 1.12 bits per heavy atom. The van der Waals surface area contributed by atoms with Gasteiger partial charge in [-0.25, -0.2) is 0 Å². The second-order valence-electron chi connectivity index (χ2n) is 6.62. The van der Waals surface area contributed by atoms with Gasteiger partial charge in [0.15, 0.2) is 0 Å². The lowest BCUT2D eigenvalue weighted by atomic mass is 9.88. The fourth-order valence-electron chi connectivity index (χ4n) is 3.17. The number of nitrogens with one attached hydrogen (secondary N) is 2. The van der Waals surface area contributed by atoms with E-state index in [1.807, 2.05) is 73.6 Å². The van der Waals surface area contributed by atoms with Crippen molar-refractivity contribution in [2.45, 2.75) is 18.4 Å². The number of carbonyl (C=O) groups excluding carboxylic acids is 2. The molecule has 0 saturated carbocycles.